The molecule has 30 heavy (non-hydrogen) atoms. The Bertz CT molecular complexity index is 855. The van der Waals surface area contributed by atoms with Crippen molar-refractivity contribution in [3.63, 3.8) is 0 Å². The summed E-state index contributed by atoms with van der Waals surface area (Å²) in [5.41, 5.74) is 2.29. The molecule has 1 aromatic carbocycles. The van der Waals surface area contributed by atoms with Crippen molar-refractivity contribution >= 4 is 11.9 Å². The van der Waals surface area contributed by atoms with Crippen LogP contribution in [0.15, 0.2) is 29.8 Å². The van der Waals surface area contributed by atoms with E-state index in [0.29, 0.717) is 29.0 Å². The molecule has 0 unspecified atom stereocenters. The van der Waals surface area contributed by atoms with Crippen molar-refractivity contribution in [3.8, 4) is 5.75 Å². The Labute approximate surface area is 180 Å². The monoisotopic (exact) mass is 408 g/mol. The summed E-state index contributed by atoms with van der Waals surface area (Å²) in [6.07, 6.45) is 10.8. The van der Waals surface area contributed by atoms with Gasteiger partial charge in [-0.05, 0) is 110 Å². The number of aliphatic hydroxyl groups excluding tert-OH is 1. The first kappa shape index (κ1) is 20.3. The van der Waals surface area contributed by atoms with Gasteiger partial charge in [0.1, 0.15) is 5.75 Å². The zero-order valence-electron chi connectivity index (χ0n) is 18.7. The number of carbonyl (C=O) groups excluding carboxylic acids is 1. The van der Waals surface area contributed by atoms with Gasteiger partial charge in [-0.1, -0.05) is 26.0 Å². The van der Waals surface area contributed by atoms with Gasteiger partial charge in [0, 0.05) is 5.41 Å². The summed E-state index contributed by atoms with van der Waals surface area (Å²) in [5.74, 6) is 3.77. The lowest BCUT2D eigenvalue weighted by Gasteiger charge is -2.59. The highest BCUT2D eigenvalue weighted by molar-refractivity contribution is 6.05. The van der Waals surface area contributed by atoms with Crippen molar-refractivity contribution in [2.45, 2.75) is 71.3 Å². The maximum atomic E-state index is 13.5. The minimum Gasteiger partial charge on any atom is -0.497 e. The van der Waals surface area contributed by atoms with E-state index in [9.17, 15) is 9.90 Å². The number of ether oxygens (including phenoxy) is 1. The predicted molar refractivity (Wildman–Crippen MR) is 119 cm³/mol. The van der Waals surface area contributed by atoms with Crippen LogP contribution in [0.25, 0.3) is 6.08 Å². The zero-order valence-corrected chi connectivity index (χ0v) is 18.7. The highest BCUT2D eigenvalue weighted by atomic mass is 16.5. The fourth-order valence-electron chi connectivity index (χ4n) is 7.94. The Kier molecular flexibility index (Phi) is 4.89. The third-order valence-corrected chi connectivity index (χ3v) is 9.73. The van der Waals surface area contributed by atoms with Crippen LogP contribution in [0.3, 0.4) is 0 Å². The number of benzene rings is 1. The van der Waals surface area contributed by atoms with E-state index in [4.69, 9.17) is 4.74 Å². The van der Waals surface area contributed by atoms with E-state index in [1.54, 1.807) is 7.11 Å². The van der Waals surface area contributed by atoms with Gasteiger partial charge in [-0.2, -0.15) is 0 Å². The molecule has 3 heteroatoms. The lowest BCUT2D eigenvalue weighted by atomic mass is 9.45. The Hall–Kier alpha value is -1.61. The summed E-state index contributed by atoms with van der Waals surface area (Å²) >= 11 is 0. The third-order valence-electron chi connectivity index (χ3n) is 9.73. The van der Waals surface area contributed by atoms with E-state index >= 15 is 0 Å². The van der Waals surface area contributed by atoms with E-state index in [1.165, 1.54) is 19.3 Å². The van der Waals surface area contributed by atoms with E-state index in [1.807, 2.05) is 24.3 Å². The maximum Gasteiger partial charge on any atom is 0.165 e. The van der Waals surface area contributed by atoms with Crippen LogP contribution in [0.1, 0.15) is 70.8 Å². The quantitative estimate of drug-likeness (QED) is 0.642. The molecule has 162 valence electrons. The smallest absolute Gasteiger partial charge is 0.165 e. The van der Waals surface area contributed by atoms with Gasteiger partial charge in [-0.25, -0.2) is 0 Å². The van der Waals surface area contributed by atoms with Crippen LogP contribution in [0.4, 0.5) is 0 Å². The molecule has 3 nitrogen and oxygen atoms in total. The minimum absolute atomic E-state index is 0.0967. The molecule has 0 aliphatic heterocycles. The van der Waals surface area contributed by atoms with Crippen molar-refractivity contribution < 1.29 is 14.6 Å². The number of allylic oxidation sites excluding steroid dienone is 1. The molecule has 7 atom stereocenters. The second-order valence-corrected chi connectivity index (χ2v) is 11.0. The number of ketones is 1. The van der Waals surface area contributed by atoms with Crippen LogP contribution >= 0.6 is 0 Å². The second kappa shape index (κ2) is 7.22. The fraction of sp³-hybridized carbons (Fsp3) is 0.667. The summed E-state index contributed by atoms with van der Waals surface area (Å²) in [6, 6.07) is 8.03. The molecule has 0 amide bonds. The average molecular weight is 409 g/mol. The van der Waals surface area contributed by atoms with Crippen LogP contribution in [0.5, 0.6) is 5.75 Å². The van der Waals surface area contributed by atoms with Gasteiger partial charge in [-0.15, -0.1) is 0 Å². The lowest BCUT2D eigenvalue weighted by molar-refractivity contribution is -0.141. The molecule has 1 aromatic rings. The molecule has 4 fully saturated rings. The highest BCUT2D eigenvalue weighted by Crippen LogP contribution is 2.66. The van der Waals surface area contributed by atoms with E-state index in [0.717, 1.165) is 54.9 Å². The van der Waals surface area contributed by atoms with Gasteiger partial charge in [0.25, 0.3) is 0 Å². The Morgan fingerprint density at radius 3 is 2.53 bits per heavy atom. The normalized spacial score (nSPS) is 44.3. The van der Waals surface area contributed by atoms with Gasteiger partial charge in [-0.3, -0.25) is 4.79 Å². The molecule has 1 N–H and O–H groups in total. The SMILES string of the molecule is COc1ccc(/C=C2\C[C@H]3[C@@H]4CC[C@H]5C[C@@H](O)CC[C@]5(C)[C@H]4CC[C@]3(C)C2=O)cc1. The van der Waals surface area contributed by atoms with Gasteiger partial charge in [0.15, 0.2) is 5.78 Å². The number of fused-ring (bicyclic) bond motifs is 5. The molecule has 0 heterocycles. The largest absolute Gasteiger partial charge is 0.497 e. The van der Waals surface area contributed by atoms with Crippen LogP contribution < -0.4 is 4.74 Å². The van der Waals surface area contributed by atoms with Crippen molar-refractivity contribution in [2.24, 2.45) is 34.5 Å². The highest BCUT2D eigenvalue weighted by Gasteiger charge is 2.61. The third kappa shape index (κ3) is 2.99. The molecule has 0 spiro atoms. The van der Waals surface area contributed by atoms with Crippen molar-refractivity contribution in [1.82, 2.24) is 0 Å². The van der Waals surface area contributed by atoms with Crippen molar-refractivity contribution in [2.75, 3.05) is 7.11 Å². The van der Waals surface area contributed by atoms with Crippen LogP contribution in [0, 0.1) is 34.5 Å². The Morgan fingerprint density at radius 1 is 1.03 bits per heavy atom. The first-order chi connectivity index (χ1) is 14.3. The number of Topliss-reactive ketones (excluding diaryl/α,β-unsaturated/α-hetero) is 1. The van der Waals surface area contributed by atoms with Gasteiger partial charge >= 0.3 is 0 Å². The van der Waals surface area contributed by atoms with Crippen molar-refractivity contribution in [3.05, 3.63) is 35.4 Å². The molecular weight excluding hydrogens is 372 g/mol. The Balaban J connectivity index is 1.42. The topological polar surface area (TPSA) is 46.5 Å². The van der Waals surface area contributed by atoms with E-state index in [2.05, 4.69) is 19.9 Å². The standard InChI is InChI=1S/C27H36O3/c1-26-12-10-20(28)16-19(26)6-9-22-23(26)11-13-27(2)24(22)15-18(25(27)29)14-17-4-7-21(30-3)8-5-17/h4-5,7-8,14,19-20,22-24,28H,6,9-13,15-16H2,1-3H3/b18-14+/t19-,20-,22+,23-,24-,26-,27-/m0/s1. The number of carbonyl (C=O) groups is 1. The molecular formula is C27H36O3. The number of rotatable bonds is 2. The minimum atomic E-state index is -0.184. The molecule has 0 saturated heterocycles. The average Bonchev–Trinajstić information content (AvgIpc) is 3.00. The fourth-order valence-corrected chi connectivity index (χ4v) is 7.94. The molecule has 0 aromatic heterocycles. The van der Waals surface area contributed by atoms with Gasteiger partial charge in [0.2, 0.25) is 0 Å². The van der Waals surface area contributed by atoms with Gasteiger partial charge < -0.3 is 9.84 Å². The summed E-state index contributed by atoms with van der Waals surface area (Å²) in [5, 5.41) is 10.2. The molecule has 4 aliphatic carbocycles. The molecule has 0 radical (unpaired) electrons. The van der Waals surface area contributed by atoms with Crippen molar-refractivity contribution in [1.29, 1.82) is 0 Å². The predicted octanol–water partition coefficient (Wildman–Crippen LogP) is 5.66. The summed E-state index contributed by atoms with van der Waals surface area (Å²) in [6.45, 7) is 4.76. The van der Waals surface area contributed by atoms with Gasteiger partial charge in [0.05, 0.1) is 13.2 Å². The maximum absolute atomic E-state index is 13.5. The number of methoxy groups -OCH3 is 1. The van der Waals surface area contributed by atoms with E-state index in [-0.39, 0.29) is 11.5 Å². The summed E-state index contributed by atoms with van der Waals surface area (Å²) in [4.78, 5) is 13.5. The first-order valence-electron chi connectivity index (χ1n) is 11.9. The molecule has 5 rings (SSSR count). The number of hydrogen-bond acceptors (Lipinski definition) is 3. The second-order valence-electron chi connectivity index (χ2n) is 11.0. The molecule has 0 bridgehead atoms. The molecule has 4 aliphatic rings. The number of aliphatic hydroxyl groups is 1. The van der Waals surface area contributed by atoms with Crippen LogP contribution in [-0.4, -0.2) is 24.1 Å². The first-order valence-corrected chi connectivity index (χ1v) is 11.9. The summed E-state index contributed by atoms with van der Waals surface area (Å²) in [7, 11) is 1.68. The van der Waals surface area contributed by atoms with Crippen LogP contribution in [-0.2, 0) is 4.79 Å². The lowest BCUT2D eigenvalue weighted by Crippen LogP contribution is -2.54. The molecule has 4 saturated carbocycles. The Morgan fingerprint density at radius 2 is 1.80 bits per heavy atom. The number of hydrogen-bond donors (Lipinski definition) is 1. The van der Waals surface area contributed by atoms with E-state index < -0.39 is 0 Å². The zero-order chi connectivity index (χ0) is 21.1. The summed E-state index contributed by atoms with van der Waals surface area (Å²) < 4.78 is 5.27. The van der Waals surface area contributed by atoms with Crippen LogP contribution in [0.2, 0.25) is 0 Å².